The Bertz CT molecular complexity index is 414. The van der Waals surface area contributed by atoms with Crippen LogP contribution in [0.1, 0.15) is 46.8 Å². The normalized spacial score (nSPS) is 20.1. The molecule has 1 atom stereocenters. The number of rotatable bonds is 4. The van der Waals surface area contributed by atoms with Gasteiger partial charge in [0.05, 0.1) is 6.10 Å². The van der Waals surface area contributed by atoms with Gasteiger partial charge in [-0.1, -0.05) is 0 Å². The van der Waals surface area contributed by atoms with Crippen LogP contribution < -0.4 is 0 Å². The third-order valence-corrected chi connectivity index (χ3v) is 2.78. The number of hydrogen-bond acceptors (Lipinski definition) is 4. The van der Waals surface area contributed by atoms with E-state index in [9.17, 15) is 9.59 Å². The molecule has 2 rings (SSSR count). The van der Waals surface area contributed by atoms with Crippen molar-refractivity contribution in [2.24, 2.45) is 0 Å². The van der Waals surface area contributed by atoms with E-state index in [4.69, 9.17) is 14.3 Å². The van der Waals surface area contributed by atoms with Gasteiger partial charge in [-0.05, 0) is 31.4 Å². The molecule has 5 heteroatoms. The number of hydrogen-bond donors (Lipinski definition) is 1. The minimum atomic E-state index is -1.17. The van der Waals surface area contributed by atoms with Crippen LogP contribution in [0.3, 0.4) is 0 Å². The Morgan fingerprint density at radius 1 is 1.29 bits per heavy atom. The SMILES string of the molecule is O=C(O)c1ccc(C(=O)CC2CCCCO2)o1. The number of Topliss-reactive ketones (excluding diaryl/α,β-unsaturated/α-hetero) is 1. The quantitative estimate of drug-likeness (QED) is 0.813. The summed E-state index contributed by atoms with van der Waals surface area (Å²) in [6.45, 7) is 0.691. The average Bonchev–Trinajstić information content (AvgIpc) is 2.79. The molecular formula is C12H14O5. The number of ketones is 1. The first kappa shape index (κ1) is 11.9. The van der Waals surface area contributed by atoms with E-state index in [2.05, 4.69) is 0 Å². The van der Waals surface area contributed by atoms with Gasteiger partial charge in [-0.25, -0.2) is 4.79 Å². The summed E-state index contributed by atoms with van der Waals surface area (Å²) in [5, 5.41) is 8.67. The second kappa shape index (κ2) is 5.14. The molecule has 5 nitrogen and oxygen atoms in total. The highest BCUT2D eigenvalue weighted by molar-refractivity contribution is 5.95. The second-order valence-electron chi connectivity index (χ2n) is 4.08. The van der Waals surface area contributed by atoms with Gasteiger partial charge in [-0.3, -0.25) is 4.79 Å². The maximum absolute atomic E-state index is 11.8. The van der Waals surface area contributed by atoms with Gasteiger partial charge in [-0.15, -0.1) is 0 Å². The van der Waals surface area contributed by atoms with Gasteiger partial charge in [0.15, 0.2) is 5.76 Å². The zero-order valence-electron chi connectivity index (χ0n) is 9.35. The molecule has 1 N–H and O–H groups in total. The predicted octanol–water partition coefficient (Wildman–Crippen LogP) is 2.12. The van der Waals surface area contributed by atoms with E-state index in [1.165, 1.54) is 12.1 Å². The third-order valence-electron chi connectivity index (χ3n) is 2.78. The molecule has 1 aliphatic rings. The fraction of sp³-hybridized carbons (Fsp3) is 0.500. The number of carbonyl (C=O) groups is 2. The molecule has 17 heavy (non-hydrogen) atoms. The lowest BCUT2D eigenvalue weighted by Gasteiger charge is -2.21. The number of carboxylic acid groups (broad SMARTS) is 1. The van der Waals surface area contributed by atoms with Gasteiger partial charge < -0.3 is 14.3 Å². The Balaban J connectivity index is 1.96. The molecule has 0 saturated carbocycles. The number of furan rings is 1. The van der Waals surface area contributed by atoms with Gasteiger partial charge >= 0.3 is 5.97 Å². The molecule has 1 aromatic rings. The molecule has 0 spiro atoms. The lowest BCUT2D eigenvalue weighted by molar-refractivity contribution is 0.0123. The molecule has 0 aliphatic carbocycles. The van der Waals surface area contributed by atoms with Crippen LogP contribution in [0, 0.1) is 0 Å². The van der Waals surface area contributed by atoms with Crippen LogP contribution in [0.25, 0.3) is 0 Å². The number of carbonyl (C=O) groups excluding carboxylic acids is 1. The molecule has 2 heterocycles. The maximum Gasteiger partial charge on any atom is 0.371 e. The van der Waals surface area contributed by atoms with Crippen LogP contribution >= 0.6 is 0 Å². The molecule has 1 aromatic heterocycles. The molecule has 92 valence electrons. The molecule has 0 radical (unpaired) electrons. The van der Waals surface area contributed by atoms with E-state index in [0.717, 1.165) is 19.3 Å². The lowest BCUT2D eigenvalue weighted by atomic mass is 10.0. The third kappa shape index (κ3) is 2.94. The average molecular weight is 238 g/mol. The first-order valence-corrected chi connectivity index (χ1v) is 5.65. The topological polar surface area (TPSA) is 76.7 Å². The van der Waals surface area contributed by atoms with E-state index in [1.54, 1.807) is 0 Å². The Kier molecular flexibility index (Phi) is 3.58. The highest BCUT2D eigenvalue weighted by atomic mass is 16.5. The summed E-state index contributed by atoms with van der Waals surface area (Å²) in [5.41, 5.74) is 0. The Labute approximate surface area is 98.4 Å². The van der Waals surface area contributed by atoms with Crippen LogP contribution in [0.5, 0.6) is 0 Å². The van der Waals surface area contributed by atoms with Crippen molar-refractivity contribution >= 4 is 11.8 Å². The maximum atomic E-state index is 11.8. The summed E-state index contributed by atoms with van der Waals surface area (Å²) in [4.78, 5) is 22.4. The number of ether oxygens (including phenoxy) is 1. The van der Waals surface area contributed by atoms with E-state index < -0.39 is 5.97 Å². The summed E-state index contributed by atoms with van der Waals surface area (Å²) in [6.07, 6.45) is 3.17. The van der Waals surface area contributed by atoms with Crippen molar-refractivity contribution in [3.63, 3.8) is 0 Å². The zero-order valence-corrected chi connectivity index (χ0v) is 9.35. The van der Waals surface area contributed by atoms with Crippen LogP contribution in [0.4, 0.5) is 0 Å². The van der Waals surface area contributed by atoms with Crippen molar-refractivity contribution in [2.75, 3.05) is 6.61 Å². The van der Waals surface area contributed by atoms with Crippen LogP contribution in [-0.4, -0.2) is 29.6 Å². The van der Waals surface area contributed by atoms with E-state index in [0.29, 0.717) is 6.61 Å². The molecule has 1 aliphatic heterocycles. The largest absolute Gasteiger partial charge is 0.475 e. The van der Waals surface area contributed by atoms with Crippen LogP contribution in [0.2, 0.25) is 0 Å². The summed E-state index contributed by atoms with van der Waals surface area (Å²) in [5.74, 6) is -1.49. The molecule has 0 amide bonds. The van der Waals surface area contributed by atoms with Gasteiger partial charge in [0.25, 0.3) is 0 Å². The van der Waals surface area contributed by atoms with E-state index in [1.807, 2.05) is 0 Å². The van der Waals surface area contributed by atoms with E-state index >= 15 is 0 Å². The van der Waals surface area contributed by atoms with Crippen molar-refractivity contribution in [3.05, 3.63) is 23.7 Å². The van der Waals surface area contributed by atoms with Crippen molar-refractivity contribution in [3.8, 4) is 0 Å². The standard InChI is InChI=1S/C12H14O5/c13-9(7-8-3-1-2-6-16-8)10-4-5-11(17-10)12(14)15/h4-5,8H,1-3,6-7H2,(H,14,15). The van der Waals surface area contributed by atoms with Gasteiger partial charge in [0, 0.05) is 13.0 Å². The van der Waals surface area contributed by atoms with Crippen molar-refractivity contribution in [1.29, 1.82) is 0 Å². The molecule has 1 unspecified atom stereocenters. The number of carboxylic acids is 1. The fourth-order valence-electron chi connectivity index (χ4n) is 1.88. The summed E-state index contributed by atoms with van der Waals surface area (Å²) in [6, 6.07) is 2.69. The van der Waals surface area contributed by atoms with Gasteiger partial charge in [-0.2, -0.15) is 0 Å². The monoisotopic (exact) mass is 238 g/mol. The minimum absolute atomic E-state index is 0.0605. The van der Waals surface area contributed by atoms with Crippen molar-refractivity contribution in [1.82, 2.24) is 0 Å². The second-order valence-corrected chi connectivity index (χ2v) is 4.08. The summed E-state index contributed by atoms with van der Waals surface area (Å²) >= 11 is 0. The molecular weight excluding hydrogens is 224 g/mol. The molecule has 1 saturated heterocycles. The van der Waals surface area contributed by atoms with Crippen molar-refractivity contribution in [2.45, 2.75) is 31.8 Å². The highest BCUT2D eigenvalue weighted by Gasteiger charge is 2.21. The smallest absolute Gasteiger partial charge is 0.371 e. The van der Waals surface area contributed by atoms with E-state index in [-0.39, 0.29) is 29.8 Å². The Morgan fingerprint density at radius 2 is 2.06 bits per heavy atom. The molecule has 1 fully saturated rings. The minimum Gasteiger partial charge on any atom is -0.475 e. The molecule has 0 aromatic carbocycles. The highest BCUT2D eigenvalue weighted by Crippen LogP contribution is 2.19. The summed E-state index contributed by atoms with van der Waals surface area (Å²) in [7, 11) is 0. The van der Waals surface area contributed by atoms with Gasteiger partial charge in [0.1, 0.15) is 0 Å². The van der Waals surface area contributed by atoms with Crippen LogP contribution in [0.15, 0.2) is 16.5 Å². The summed E-state index contributed by atoms with van der Waals surface area (Å²) < 4.78 is 10.4. The predicted molar refractivity (Wildman–Crippen MR) is 58.2 cm³/mol. The zero-order chi connectivity index (χ0) is 12.3. The Morgan fingerprint density at radius 3 is 2.65 bits per heavy atom. The Hall–Kier alpha value is -1.62. The number of aromatic carboxylic acids is 1. The van der Waals surface area contributed by atoms with Crippen molar-refractivity contribution < 1.29 is 23.8 Å². The fourth-order valence-corrected chi connectivity index (χ4v) is 1.88. The van der Waals surface area contributed by atoms with Gasteiger partial charge in [0.2, 0.25) is 11.5 Å². The first-order chi connectivity index (χ1) is 8.16. The first-order valence-electron chi connectivity index (χ1n) is 5.65. The molecule has 0 bridgehead atoms. The lowest BCUT2D eigenvalue weighted by Crippen LogP contribution is -2.22. The van der Waals surface area contributed by atoms with Crippen LogP contribution in [-0.2, 0) is 4.74 Å².